The van der Waals surface area contributed by atoms with E-state index in [4.69, 9.17) is 0 Å². The predicted molar refractivity (Wildman–Crippen MR) is 72.9 cm³/mol. The zero-order chi connectivity index (χ0) is 12.3. The lowest BCUT2D eigenvalue weighted by Crippen LogP contribution is -2.04. The summed E-state index contributed by atoms with van der Waals surface area (Å²) in [7, 11) is 0. The second kappa shape index (κ2) is 5.52. The van der Waals surface area contributed by atoms with Crippen LogP contribution in [0.25, 0.3) is 0 Å². The first-order valence-electron chi connectivity index (χ1n) is 6.53. The second-order valence-corrected chi connectivity index (χ2v) is 5.73. The molecule has 2 atom stereocenters. The summed E-state index contributed by atoms with van der Waals surface area (Å²) in [5, 5.41) is 0. The standard InChI is InChI=1S/C16H26/c1-11(2)13(5)15-7-9-16(10-8-15)14(6)12(3)4/h7-14H,1-6H3. The van der Waals surface area contributed by atoms with E-state index in [1.54, 1.807) is 0 Å². The van der Waals surface area contributed by atoms with Gasteiger partial charge in [0.1, 0.15) is 0 Å². The molecule has 0 heteroatoms. The van der Waals surface area contributed by atoms with Crippen molar-refractivity contribution in [3.05, 3.63) is 35.4 Å². The minimum absolute atomic E-state index is 0.656. The number of hydrogen-bond acceptors (Lipinski definition) is 0. The first-order valence-corrected chi connectivity index (χ1v) is 6.53. The summed E-state index contributed by atoms with van der Waals surface area (Å²) in [6.07, 6.45) is 0. The summed E-state index contributed by atoms with van der Waals surface area (Å²) in [4.78, 5) is 0. The molecule has 0 spiro atoms. The van der Waals surface area contributed by atoms with Crippen LogP contribution in [0.4, 0.5) is 0 Å². The van der Waals surface area contributed by atoms with Crippen LogP contribution in [-0.2, 0) is 0 Å². The van der Waals surface area contributed by atoms with E-state index in [9.17, 15) is 0 Å². The Hall–Kier alpha value is -0.780. The van der Waals surface area contributed by atoms with Crippen molar-refractivity contribution < 1.29 is 0 Å². The van der Waals surface area contributed by atoms with Crippen molar-refractivity contribution in [2.75, 3.05) is 0 Å². The zero-order valence-corrected chi connectivity index (χ0v) is 11.6. The molecular formula is C16H26. The normalized spacial score (nSPS) is 15.5. The van der Waals surface area contributed by atoms with E-state index in [-0.39, 0.29) is 0 Å². The maximum atomic E-state index is 2.31. The molecule has 0 N–H and O–H groups in total. The first kappa shape index (κ1) is 13.3. The lowest BCUT2D eigenvalue weighted by Gasteiger charge is -2.19. The average Bonchev–Trinajstić information content (AvgIpc) is 2.27. The van der Waals surface area contributed by atoms with Crippen molar-refractivity contribution in [1.82, 2.24) is 0 Å². The average molecular weight is 218 g/mol. The highest BCUT2D eigenvalue weighted by Crippen LogP contribution is 2.27. The van der Waals surface area contributed by atoms with Crippen molar-refractivity contribution >= 4 is 0 Å². The summed E-state index contributed by atoms with van der Waals surface area (Å²) < 4.78 is 0. The van der Waals surface area contributed by atoms with E-state index in [1.807, 2.05) is 0 Å². The minimum atomic E-state index is 0.656. The van der Waals surface area contributed by atoms with Gasteiger partial charge in [-0.3, -0.25) is 0 Å². The van der Waals surface area contributed by atoms with Crippen LogP contribution < -0.4 is 0 Å². The van der Waals surface area contributed by atoms with Gasteiger partial charge in [-0.05, 0) is 34.8 Å². The highest BCUT2D eigenvalue weighted by molar-refractivity contribution is 5.27. The van der Waals surface area contributed by atoms with Crippen molar-refractivity contribution in [2.45, 2.75) is 53.4 Å². The Bertz CT molecular complexity index is 272. The molecule has 0 aromatic heterocycles. The highest BCUT2D eigenvalue weighted by Gasteiger charge is 2.12. The van der Waals surface area contributed by atoms with E-state index >= 15 is 0 Å². The van der Waals surface area contributed by atoms with Gasteiger partial charge in [0.05, 0.1) is 0 Å². The summed E-state index contributed by atoms with van der Waals surface area (Å²) in [6, 6.07) is 9.22. The van der Waals surface area contributed by atoms with Crippen LogP contribution in [0.1, 0.15) is 64.5 Å². The largest absolute Gasteiger partial charge is 0.0622 e. The zero-order valence-electron chi connectivity index (χ0n) is 11.6. The summed E-state index contributed by atoms with van der Waals surface area (Å²) in [5.74, 6) is 2.74. The molecule has 2 unspecified atom stereocenters. The summed E-state index contributed by atoms with van der Waals surface area (Å²) in [5.41, 5.74) is 2.93. The molecule has 0 radical (unpaired) electrons. The van der Waals surface area contributed by atoms with Crippen LogP contribution in [0, 0.1) is 11.8 Å². The Balaban J connectivity index is 2.83. The van der Waals surface area contributed by atoms with Gasteiger partial charge in [0.2, 0.25) is 0 Å². The van der Waals surface area contributed by atoms with E-state index in [1.165, 1.54) is 11.1 Å². The van der Waals surface area contributed by atoms with Crippen LogP contribution in [-0.4, -0.2) is 0 Å². The quantitative estimate of drug-likeness (QED) is 0.651. The third-order valence-electron chi connectivity index (χ3n) is 3.99. The van der Waals surface area contributed by atoms with Gasteiger partial charge in [-0.1, -0.05) is 65.8 Å². The maximum Gasteiger partial charge on any atom is -0.0167 e. The maximum absolute atomic E-state index is 2.31. The molecule has 0 aliphatic carbocycles. The lowest BCUT2D eigenvalue weighted by molar-refractivity contribution is 0.528. The van der Waals surface area contributed by atoms with Gasteiger partial charge >= 0.3 is 0 Å². The highest BCUT2D eigenvalue weighted by atomic mass is 14.2. The molecule has 1 aromatic rings. The SMILES string of the molecule is CC(C)C(C)c1ccc(C(C)C(C)C)cc1. The molecule has 1 rings (SSSR count). The predicted octanol–water partition coefficient (Wildman–Crippen LogP) is 5.21. The smallest absolute Gasteiger partial charge is 0.0167 e. The van der Waals surface area contributed by atoms with Gasteiger partial charge in [-0.25, -0.2) is 0 Å². The number of rotatable bonds is 4. The van der Waals surface area contributed by atoms with E-state index in [2.05, 4.69) is 65.8 Å². The number of benzene rings is 1. The Kier molecular flexibility index (Phi) is 4.58. The van der Waals surface area contributed by atoms with Crippen molar-refractivity contribution in [3.8, 4) is 0 Å². The third kappa shape index (κ3) is 3.10. The van der Waals surface area contributed by atoms with Crippen LogP contribution in [0.5, 0.6) is 0 Å². The fourth-order valence-electron chi connectivity index (χ4n) is 1.87. The van der Waals surface area contributed by atoms with Gasteiger partial charge < -0.3 is 0 Å². The van der Waals surface area contributed by atoms with Gasteiger partial charge in [-0.15, -0.1) is 0 Å². The van der Waals surface area contributed by atoms with E-state index < -0.39 is 0 Å². The van der Waals surface area contributed by atoms with Crippen molar-refractivity contribution in [2.24, 2.45) is 11.8 Å². The van der Waals surface area contributed by atoms with E-state index in [0.717, 1.165) is 0 Å². The molecule has 0 fully saturated rings. The van der Waals surface area contributed by atoms with Gasteiger partial charge in [0.15, 0.2) is 0 Å². The second-order valence-electron chi connectivity index (χ2n) is 5.73. The Morgan fingerprint density at radius 3 is 1.00 bits per heavy atom. The fraction of sp³-hybridized carbons (Fsp3) is 0.625. The molecule has 0 aliphatic rings. The van der Waals surface area contributed by atoms with Gasteiger partial charge in [-0.2, -0.15) is 0 Å². The molecule has 0 heterocycles. The van der Waals surface area contributed by atoms with Crippen LogP contribution in [0.3, 0.4) is 0 Å². The molecule has 0 nitrogen and oxygen atoms in total. The van der Waals surface area contributed by atoms with Crippen molar-refractivity contribution in [1.29, 1.82) is 0 Å². The molecule has 0 bridgehead atoms. The Labute approximate surface area is 101 Å². The molecular weight excluding hydrogens is 192 g/mol. The molecule has 16 heavy (non-hydrogen) atoms. The molecule has 0 saturated carbocycles. The monoisotopic (exact) mass is 218 g/mol. The summed E-state index contributed by atoms with van der Waals surface area (Å²) in [6.45, 7) is 13.8. The third-order valence-corrected chi connectivity index (χ3v) is 3.99. The Morgan fingerprint density at radius 2 is 0.812 bits per heavy atom. The first-order chi connectivity index (χ1) is 7.43. The fourth-order valence-corrected chi connectivity index (χ4v) is 1.87. The molecule has 1 aromatic carbocycles. The molecule has 0 aliphatic heterocycles. The Morgan fingerprint density at radius 1 is 0.562 bits per heavy atom. The van der Waals surface area contributed by atoms with Crippen molar-refractivity contribution in [3.63, 3.8) is 0 Å². The van der Waals surface area contributed by atoms with Gasteiger partial charge in [0, 0.05) is 0 Å². The minimum Gasteiger partial charge on any atom is -0.0622 e. The van der Waals surface area contributed by atoms with E-state index in [0.29, 0.717) is 23.7 Å². The van der Waals surface area contributed by atoms with Crippen LogP contribution >= 0.6 is 0 Å². The topological polar surface area (TPSA) is 0 Å². The van der Waals surface area contributed by atoms with Crippen LogP contribution in [0.15, 0.2) is 24.3 Å². The molecule has 0 saturated heterocycles. The lowest BCUT2D eigenvalue weighted by atomic mass is 9.86. The van der Waals surface area contributed by atoms with Gasteiger partial charge in [0.25, 0.3) is 0 Å². The molecule has 90 valence electrons. The van der Waals surface area contributed by atoms with Crippen LogP contribution in [0.2, 0.25) is 0 Å². The summed E-state index contributed by atoms with van der Waals surface area (Å²) >= 11 is 0. The number of hydrogen-bond donors (Lipinski definition) is 0. The molecule has 0 amide bonds.